The zero-order chi connectivity index (χ0) is 11.0. The lowest BCUT2D eigenvalue weighted by atomic mass is 10.1. The SMILES string of the molecule is O=Cc1ccc(-c2csc3ccccc23)o1. The van der Waals surface area contributed by atoms with Gasteiger partial charge in [0.15, 0.2) is 12.0 Å². The highest BCUT2D eigenvalue weighted by molar-refractivity contribution is 7.17. The molecule has 78 valence electrons. The lowest BCUT2D eigenvalue weighted by Gasteiger charge is -1.93. The Balaban J connectivity index is 2.21. The van der Waals surface area contributed by atoms with Crippen LogP contribution in [0.5, 0.6) is 0 Å². The maximum Gasteiger partial charge on any atom is 0.185 e. The number of furan rings is 1. The van der Waals surface area contributed by atoms with E-state index < -0.39 is 0 Å². The van der Waals surface area contributed by atoms with Gasteiger partial charge < -0.3 is 4.42 Å². The van der Waals surface area contributed by atoms with Gasteiger partial charge >= 0.3 is 0 Å². The van der Waals surface area contributed by atoms with E-state index in [1.807, 2.05) is 18.2 Å². The number of rotatable bonds is 2. The van der Waals surface area contributed by atoms with Crippen LogP contribution in [0.1, 0.15) is 10.6 Å². The number of thiophene rings is 1. The quantitative estimate of drug-likeness (QED) is 0.621. The van der Waals surface area contributed by atoms with Crippen LogP contribution < -0.4 is 0 Å². The van der Waals surface area contributed by atoms with Crippen LogP contribution in [0.25, 0.3) is 21.4 Å². The predicted molar refractivity (Wildman–Crippen MR) is 64.9 cm³/mol. The molecule has 0 atom stereocenters. The summed E-state index contributed by atoms with van der Waals surface area (Å²) in [5.41, 5.74) is 1.05. The normalized spacial score (nSPS) is 10.8. The number of fused-ring (bicyclic) bond motifs is 1. The summed E-state index contributed by atoms with van der Waals surface area (Å²) in [7, 11) is 0. The van der Waals surface area contributed by atoms with Crippen molar-refractivity contribution < 1.29 is 9.21 Å². The van der Waals surface area contributed by atoms with Gasteiger partial charge in [0.05, 0.1) is 0 Å². The van der Waals surface area contributed by atoms with Crippen molar-refractivity contribution in [2.75, 3.05) is 0 Å². The Bertz CT molecular complexity index is 649. The predicted octanol–water partition coefficient (Wildman–Crippen LogP) is 3.97. The van der Waals surface area contributed by atoms with Gasteiger partial charge in [-0.1, -0.05) is 18.2 Å². The van der Waals surface area contributed by atoms with Crippen molar-refractivity contribution in [3.63, 3.8) is 0 Å². The Hall–Kier alpha value is -1.87. The standard InChI is InChI=1S/C13H8O2S/c14-7-9-5-6-12(15-9)11-8-16-13-4-2-1-3-10(11)13/h1-8H. The molecule has 3 heteroatoms. The lowest BCUT2D eigenvalue weighted by molar-refractivity contribution is 0.110. The first-order valence-corrected chi connectivity index (χ1v) is 5.78. The van der Waals surface area contributed by atoms with Gasteiger partial charge in [0.25, 0.3) is 0 Å². The minimum absolute atomic E-state index is 0.366. The van der Waals surface area contributed by atoms with E-state index in [-0.39, 0.29) is 0 Å². The number of hydrogen-bond donors (Lipinski definition) is 0. The summed E-state index contributed by atoms with van der Waals surface area (Å²) >= 11 is 1.68. The minimum atomic E-state index is 0.366. The van der Waals surface area contributed by atoms with E-state index in [2.05, 4.69) is 17.5 Å². The molecule has 0 saturated heterocycles. The summed E-state index contributed by atoms with van der Waals surface area (Å²) in [6.07, 6.45) is 0.720. The third-order valence-corrected chi connectivity index (χ3v) is 3.45. The van der Waals surface area contributed by atoms with Crippen LogP contribution in [0.2, 0.25) is 0 Å². The second-order valence-corrected chi connectivity index (χ2v) is 4.38. The number of benzene rings is 1. The molecular weight excluding hydrogens is 220 g/mol. The Morgan fingerprint density at radius 2 is 2.00 bits per heavy atom. The first-order valence-electron chi connectivity index (χ1n) is 4.90. The van der Waals surface area contributed by atoms with E-state index in [0.717, 1.165) is 17.6 Å². The Kier molecular flexibility index (Phi) is 2.11. The zero-order valence-electron chi connectivity index (χ0n) is 8.34. The van der Waals surface area contributed by atoms with Crippen LogP contribution in [-0.2, 0) is 0 Å². The number of carbonyl (C=O) groups is 1. The fourth-order valence-corrected chi connectivity index (χ4v) is 2.68. The highest BCUT2D eigenvalue weighted by atomic mass is 32.1. The topological polar surface area (TPSA) is 30.2 Å². The van der Waals surface area contributed by atoms with Crippen molar-refractivity contribution >= 4 is 27.7 Å². The largest absolute Gasteiger partial charge is 0.453 e. The van der Waals surface area contributed by atoms with Crippen LogP contribution in [0.3, 0.4) is 0 Å². The molecule has 0 fully saturated rings. The fourth-order valence-electron chi connectivity index (χ4n) is 1.73. The summed E-state index contributed by atoms with van der Waals surface area (Å²) in [6.45, 7) is 0. The third kappa shape index (κ3) is 1.37. The molecule has 16 heavy (non-hydrogen) atoms. The monoisotopic (exact) mass is 228 g/mol. The summed E-state index contributed by atoms with van der Waals surface area (Å²) < 4.78 is 6.65. The number of carbonyl (C=O) groups excluding carboxylic acids is 1. The maximum atomic E-state index is 10.6. The Labute approximate surface area is 96.1 Å². The van der Waals surface area contributed by atoms with E-state index in [9.17, 15) is 4.79 Å². The van der Waals surface area contributed by atoms with Crippen molar-refractivity contribution in [3.05, 3.63) is 47.5 Å². The molecular formula is C13H8O2S. The van der Waals surface area contributed by atoms with E-state index in [1.54, 1.807) is 17.4 Å². The zero-order valence-corrected chi connectivity index (χ0v) is 9.16. The van der Waals surface area contributed by atoms with Gasteiger partial charge in [0.1, 0.15) is 5.76 Å². The van der Waals surface area contributed by atoms with Gasteiger partial charge in [0.2, 0.25) is 0 Å². The molecule has 3 aromatic rings. The molecule has 0 unspecified atom stereocenters. The van der Waals surface area contributed by atoms with Crippen molar-refractivity contribution in [1.29, 1.82) is 0 Å². The Morgan fingerprint density at radius 3 is 2.81 bits per heavy atom. The molecule has 0 spiro atoms. The lowest BCUT2D eigenvalue weighted by Crippen LogP contribution is -1.71. The van der Waals surface area contributed by atoms with Crippen LogP contribution in [0.15, 0.2) is 46.2 Å². The van der Waals surface area contributed by atoms with E-state index in [1.165, 1.54) is 10.1 Å². The molecule has 3 rings (SSSR count). The molecule has 1 aromatic carbocycles. The van der Waals surface area contributed by atoms with E-state index in [0.29, 0.717) is 5.76 Å². The van der Waals surface area contributed by atoms with Gasteiger partial charge in [0, 0.05) is 21.0 Å². The van der Waals surface area contributed by atoms with Crippen molar-refractivity contribution in [3.8, 4) is 11.3 Å². The first-order chi connectivity index (χ1) is 7.88. The molecule has 0 N–H and O–H groups in total. The minimum Gasteiger partial charge on any atom is -0.453 e. The summed E-state index contributed by atoms with van der Waals surface area (Å²) in [5, 5.41) is 3.22. The van der Waals surface area contributed by atoms with Gasteiger partial charge in [-0.3, -0.25) is 4.79 Å². The average molecular weight is 228 g/mol. The maximum absolute atomic E-state index is 10.6. The fraction of sp³-hybridized carbons (Fsp3) is 0. The van der Waals surface area contributed by atoms with Crippen molar-refractivity contribution in [2.24, 2.45) is 0 Å². The Morgan fingerprint density at radius 1 is 1.12 bits per heavy atom. The number of hydrogen-bond acceptors (Lipinski definition) is 3. The first kappa shape index (κ1) is 9.36. The van der Waals surface area contributed by atoms with Gasteiger partial charge in [-0.2, -0.15) is 0 Å². The molecule has 0 aliphatic carbocycles. The molecule has 0 amide bonds. The second-order valence-electron chi connectivity index (χ2n) is 3.47. The van der Waals surface area contributed by atoms with Crippen molar-refractivity contribution in [2.45, 2.75) is 0 Å². The van der Waals surface area contributed by atoms with Crippen LogP contribution in [-0.4, -0.2) is 6.29 Å². The van der Waals surface area contributed by atoms with Crippen molar-refractivity contribution in [1.82, 2.24) is 0 Å². The number of aldehydes is 1. The second kappa shape index (κ2) is 3.61. The summed E-state index contributed by atoms with van der Waals surface area (Å²) in [6, 6.07) is 11.7. The molecule has 2 nitrogen and oxygen atoms in total. The smallest absolute Gasteiger partial charge is 0.185 e. The molecule has 0 saturated carbocycles. The van der Waals surface area contributed by atoms with E-state index >= 15 is 0 Å². The molecule has 0 bridgehead atoms. The van der Waals surface area contributed by atoms with Gasteiger partial charge in [-0.15, -0.1) is 11.3 Å². The van der Waals surface area contributed by atoms with Gasteiger partial charge in [-0.25, -0.2) is 0 Å². The summed E-state index contributed by atoms with van der Waals surface area (Å²) in [5.74, 6) is 1.12. The molecule has 0 aliphatic rings. The molecule has 0 radical (unpaired) electrons. The highest BCUT2D eigenvalue weighted by Gasteiger charge is 2.09. The molecule has 2 aromatic heterocycles. The van der Waals surface area contributed by atoms with E-state index in [4.69, 9.17) is 4.42 Å². The third-order valence-electron chi connectivity index (χ3n) is 2.49. The van der Waals surface area contributed by atoms with Crippen LogP contribution >= 0.6 is 11.3 Å². The molecule has 0 aliphatic heterocycles. The molecule has 2 heterocycles. The van der Waals surface area contributed by atoms with Crippen LogP contribution in [0.4, 0.5) is 0 Å². The summed E-state index contributed by atoms with van der Waals surface area (Å²) in [4.78, 5) is 10.6. The average Bonchev–Trinajstić information content (AvgIpc) is 2.94. The van der Waals surface area contributed by atoms with Gasteiger partial charge in [-0.05, 0) is 18.2 Å². The highest BCUT2D eigenvalue weighted by Crippen LogP contribution is 2.34. The van der Waals surface area contributed by atoms with Crippen LogP contribution in [0, 0.1) is 0 Å².